The third kappa shape index (κ3) is 4.91. The molecule has 0 unspecified atom stereocenters. The van der Waals surface area contributed by atoms with Crippen LogP contribution in [0.5, 0.6) is 11.5 Å². The third-order valence-corrected chi connectivity index (χ3v) is 4.76. The summed E-state index contributed by atoms with van der Waals surface area (Å²) in [5.74, 6) is 1.07. The Balaban J connectivity index is 1.65. The Labute approximate surface area is 165 Å². The van der Waals surface area contributed by atoms with E-state index in [9.17, 15) is 15.0 Å². The molecule has 0 aliphatic carbocycles. The molecule has 2 aromatic carbocycles. The summed E-state index contributed by atoms with van der Waals surface area (Å²) in [6.45, 7) is 0.490. The van der Waals surface area contributed by atoms with Crippen molar-refractivity contribution >= 4 is 22.0 Å². The first-order valence-corrected chi connectivity index (χ1v) is 9.23. The Morgan fingerprint density at radius 1 is 1.19 bits per heavy atom. The minimum Gasteiger partial charge on any atom is -0.486 e. The molecule has 7 nitrogen and oxygen atoms in total. The van der Waals surface area contributed by atoms with Crippen LogP contribution in [0.4, 0.5) is 4.79 Å². The van der Waals surface area contributed by atoms with Gasteiger partial charge in [0.2, 0.25) is 0 Å². The topological polar surface area (TPSA) is 97.3 Å². The Morgan fingerprint density at radius 2 is 1.85 bits per heavy atom. The van der Waals surface area contributed by atoms with Gasteiger partial charge >= 0.3 is 6.09 Å². The highest BCUT2D eigenvalue weighted by atomic mass is 79.9. The third-order valence-electron chi connectivity index (χ3n) is 4.07. The van der Waals surface area contributed by atoms with Crippen LogP contribution >= 0.6 is 15.9 Å². The van der Waals surface area contributed by atoms with Gasteiger partial charge in [0, 0.05) is 10.0 Å². The van der Waals surface area contributed by atoms with Gasteiger partial charge in [-0.25, -0.2) is 4.79 Å². The Kier molecular flexibility index (Phi) is 6.54. The maximum atomic E-state index is 12.0. The second-order valence-electron chi connectivity index (χ2n) is 5.96. The van der Waals surface area contributed by atoms with Crippen LogP contribution in [-0.2, 0) is 11.3 Å². The van der Waals surface area contributed by atoms with Gasteiger partial charge in [-0.2, -0.15) is 0 Å². The van der Waals surface area contributed by atoms with Gasteiger partial charge in [-0.1, -0.05) is 46.3 Å². The maximum Gasteiger partial charge on any atom is 0.407 e. The molecule has 0 aromatic heterocycles. The Morgan fingerprint density at radius 3 is 2.52 bits per heavy atom. The molecular formula is C19H20BrNO6. The van der Waals surface area contributed by atoms with Crippen LogP contribution in [-0.4, -0.2) is 42.2 Å². The zero-order valence-corrected chi connectivity index (χ0v) is 16.0. The summed E-state index contributed by atoms with van der Waals surface area (Å²) in [6.07, 6.45) is -1.91. The molecule has 144 valence electrons. The molecule has 3 rings (SSSR count). The van der Waals surface area contributed by atoms with Crippen molar-refractivity contribution in [2.24, 2.45) is 0 Å². The van der Waals surface area contributed by atoms with Gasteiger partial charge in [0.05, 0.1) is 12.6 Å². The molecule has 3 N–H and O–H groups in total. The number of benzene rings is 2. The SMILES string of the molecule is O=C(N[C@H](CO)[C@H](O)c1cc2c(cc1Br)OCCO2)OCc1ccccc1. The number of ether oxygens (including phenoxy) is 3. The highest BCUT2D eigenvalue weighted by Gasteiger charge is 2.27. The average molecular weight is 438 g/mol. The number of hydrogen-bond acceptors (Lipinski definition) is 6. The van der Waals surface area contributed by atoms with E-state index < -0.39 is 24.8 Å². The standard InChI is InChI=1S/C19H20BrNO6/c20-14-9-17-16(25-6-7-26-17)8-13(14)18(23)15(10-22)21-19(24)27-11-12-4-2-1-3-5-12/h1-5,8-9,15,18,22-23H,6-7,10-11H2,(H,21,24)/t15-,18-/m1/s1. The van der Waals surface area contributed by atoms with E-state index >= 15 is 0 Å². The van der Waals surface area contributed by atoms with E-state index in [1.165, 1.54) is 0 Å². The number of amides is 1. The van der Waals surface area contributed by atoms with Crippen molar-refractivity contribution in [3.05, 3.63) is 58.1 Å². The zero-order valence-electron chi connectivity index (χ0n) is 14.4. The van der Waals surface area contributed by atoms with E-state index in [2.05, 4.69) is 21.2 Å². The number of halogens is 1. The molecule has 1 aliphatic rings. The lowest BCUT2D eigenvalue weighted by atomic mass is 10.0. The van der Waals surface area contributed by atoms with Crippen LogP contribution < -0.4 is 14.8 Å². The van der Waals surface area contributed by atoms with E-state index in [1.54, 1.807) is 12.1 Å². The van der Waals surface area contributed by atoms with Gasteiger partial charge in [-0.05, 0) is 17.7 Å². The van der Waals surface area contributed by atoms with Crippen molar-refractivity contribution in [2.75, 3.05) is 19.8 Å². The van der Waals surface area contributed by atoms with Gasteiger partial charge in [0.1, 0.15) is 25.9 Å². The van der Waals surface area contributed by atoms with E-state index in [0.29, 0.717) is 34.7 Å². The highest BCUT2D eigenvalue weighted by molar-refractivity contribution is 9.10. The first-order chi connectivity index (χ1) is 13.1. The molecule has 1 heterocycles. The van der Waals surface area contributed by atoms with Gasteiger partial charge in [-0.15, -0.1) is 0 Å². The lowest BCUT2D eigenvalue weighted by Gasteiger charge is -2.25. The van der Waals surface area contributed by atoms with Crippen molar-refractivity contribution < 1.29 is 29.2 Å². The van der Waals surface area contributed by atoms with E-state index in [1.807, 2.05) is 30.3 Å². The molecule has 1 amide bonds. The fourth-order valence-corrected chi connectivity index (χ4v) is 3.22. The lowest BCUT2D eigenvalue weighted by molar-refractivity contribution is 0.0755. The summed E-state index contributed by atoms with van der Waals surface area (Å²) < 4.78 is 16.7. The predicted octanol–water partition coefficient (Wildman–Crippen LogP) is 2.54. The minimum absolute atomic E-state index is 0.0919. The molecule has 0 radical (unpaired) electrons. The van der Waals surface area contributed by atoms with Crippen molar-refractivity contribution in [1.29, 1.82) is 0 Å². The number of hydrogen-bond donors (Lipinski definition) is 3. The van der Waals surface area contributed by atoms with Crippen molar-refractivity contribution in [1.82, 2.24) is 5.32 Å². The average Bonchev–Trinajstić information content (AvgIpc) is 2.70. The van der Waals surface area contributed by atoms with Crippen LogP contribution in [0.25, 0.3) is 0 Å². The second-order valence-corrected chi connectivity index (χ2v) is 6.81. The van der Waals surface area contributed by atoms with Crippen LogP contribution in [0.1, 0.15) is 17.2 Å². The molecule has 0 bridgehead atoms. The smallest absolute Gasteiger partial charge is 0.407 e. The number of carbonyl (C=O) groups excluding carboxylic acids is 1. The molecule has 2 atom stereocenters. The number of rotatable bonds is 6. The zero-order chi connectivity index (χ0) is 19.2. The summed E-state index contributed by atoms with van der Waals surface area (Å²) >= 11 is 3.38. The van der Waals surface area contributed by atoms with Crippen LogP contribution in [0.2, 0.25) is 0 Å². The summed E-state index contributed by atoms with van der Waals surface area (Å²) in [5, 5.41) is 22.7. The molecule has 0 saturated carbocycles. The Bertz CT molecular complexity index is 785. The second kappa shape index (κ2) is 9.07. The highest BCUT2D eigenvalue weighted by Crippen LogP contribution is 2.38. The first kappa shape index (κ1) is 19.5. The quantitative estimate of drug-likeness (QED) is 0.642. The summed E-state index contributed by atoms with van der Waals surface area (Å²) in [4.78, 5) is 12.0. The van der Waals surface area contributed by atoms with Crippen molar-refractivity contribution in [3.8, 4) is 11.5 Å². The lowest BCUT2D eigenvalue weighted by Crippen LogP contribution is -2.42. The molecular weight excluding hydrogens is 418 g/mol. The molecule has 0 saturated heterocycles. The summed E-state index contributed by atoms with van der Waals surface area (Å²) in [6, 6.07) is 11.6. The normalized spacial score (nSPS) is 14.9. The largest absolute Gasteiger partial charge is 0.486 e. The van der Waals surface area contributed by atoms with Gasteiger partial charge < -0.3 is 29.7 Å². The molecule has 1 aliphatic heterocycles. The van der Waals surface area contributed by atoms with Crippen molar-refractivity contribution in [3.63, 3.8) is 0 Å². The molecule has 27 heavy (non-hydrogen) atoms. The van der Waals surface area contributed by atoms with Crippen LogP contribution in [0.15, 0.2) is 46.9 Å². The number of alkyl carbamates (subject to hydrolysis) is 1. The van der Waals surface area contributed by atoms with E-state index in [-0.39, 0.29) is 6.61 Å². The fraction of sp³-hybridized carbons (Fsp3) is 0.316. The molecule has 0 spiro atoms. The van der Waals surface area contributed by atoms with E-state index in [0.717, 1.165) is 5.56 Å². The van der Waals surface area contributed by atoms with Gasteiger partial charge in [0.25, 0.3) is 0 Å². The van der Waals surface area contributed by atoms with Crippen molar-refractivity contribution in [2.45, 2.75) is 18.8 Å². The summed E-state index contributed by atoms with van der Waals surface area (Å²) in [5.41, 5.74) is 1.30. The monoisotopic (exact) mass is 437 g/mol. The number of aliphatic hydroxyl groups excluding tert-OH is 2. The Hall–Kier alpha value is -2.29. The first-order valence-electron chi connectivity index (χ1n) is 8.43. The molecule has 0 fully saturated rings. The van der Waals surface area contributed by atoms with Gasteiger partial charge in [-0.3, -0.25) is 0 Å². The number of fused-ring (bicyclic) bond motifs is 1. The minimum atomic E-state index is -1.18. The number of nitrogens with one attached hydrogen (secondary N) is 1. The van der Waals surface area contributed by atoms with Crippen LogP contribution in [0.3, 0.4) is 0 Å². The fourth-order valence-electron chi connectivity index (χ4n) is 2.66. The predicted molar refractivity (Wildman–Crippen MR) is 101 cm³/mol. The summed E-state index contributed by atoms with van der Waals surface area (Å²) in [7, 11) is 0. The maximum absolute atomic E-state index is 12.0. The van der Waals surface area contributed by atoms with E-state index in [4.69, 9.17) is 14.2 Å². The molecule has 8 heteroatoms. The van der Waals surface area contributed by atoms with Crippen LogP contribution in [0, 0.1) is 0 Å². The number of aliphatic hydroxyl groups is 2. The molecule has 2 aromatic rings. The number of carbonyl (C=O) groups is 1. The van der Waals surface area contributed by atoms with Gasteiger partial charge in [0.15, 0.2) is 11.5 Å².